The van der Waals surface area contributed by atoms with E-state index >= 15 is 0 Å². The number of pyridine rings is 1. The Balaban J connectivity index is 1.62. The molecule has 148 valence electrons. The minimum absolute atomic E-state index is 0.229. The van der Waals surface area contributed by atoms with E-state index in [9.17, 15) is 9.18 Å². The first-order valence-electron chi connectivity index (χ1n) is 9.05. The monoisotopic (exact) mass is 453 g/mol. The summed E-state index contributed by atoms with van der Waals surface area (Å²) in [6.07, 6.45) is 1.68. The van der Waals surface area contributed by atoms with E-state index in [1.54, 1.807) is 17.2 Å². The third kappa shape index (κ3) is 3.45. The van der Waals surface area contributed by atoms with Crippen LogP contribution in [0.3, 0.4) is 0 Å². The zero-order valence-electron chi connectivity index (χ0n) is 15.4. The number of carbonyl (C=O) groups is 1. The van der Waals surface area contributed by atoms with E-state index in [2.05, 4.69) is 9.97 Å². The van der Waals surface area contributed by atoms with Gasteiger partial charge in [-0.05, 0) is 36.4 Å². The van der Waals surface area contributed by atoms with E-state index in [4.69, 9.17) is 11.6 Å². The normalized spacial score (nSPS) is 11.3. The Kier molecular flexibility index (Phi) is 4.94. The second-order valence-electron chi connectivity index (χ2n) is 6.56. The van der Waals surface area contributed by atoms with Crippen LogP contribution in [0.2, 0.25) is 5.02 Å². The third-order valence-electron chi connectivity index (χ3n) is 4.59. The lowest BCUT2D eigenvalue weighted by molar-refractivity contribution is 0.0989. The quantitative estimate of drug-likeness (QED) is 0.310. The van der Waals surface area contributed by atoms with Gasteiger partial charge >= 0.3 is 0 Å². The summed E-state index contributed by atoms with van der Waals surface area (Å²) in [7, 11) is 0. The molecule has 0 aliphatic carbocycles. The number of anilines is 1. The largest absolute Gasteiger partial charge is 0.277 e. The minimum Gasteiger partial charge on any atom is -0.277 e. The summed E-state index contributed by atoms with van der Waals surface area (Å²) in [6, 6.07) is 17.6. The Morgan fingerprint density at radius 2 is 1.87 bits per heavy atom. The zero-order chi connectivity index (χ0) is 20.7. The first kappa shape index (κ1) is 19.1. The number of carbonyl (C=O) groups excluding carboxylic acids is 1. The molecule has 0 N–H and O–H groups in total. The molecule has 8 heteroatoms. The van der Waals surface area contributed by atoms with Crippen molar-refractivity contribution in [1.82, 2.24) is 9.97 Å². The van der Waals surface area contributed by atoms with Crippen molar-refractivity contribution in [3.63, 3.8) is 0 Å². The fourth-order valence-corrected chi connectivity index (χ4v) is 5.60. The number of amides is 1. The molecule has 0 atom stereocenters. The maximum absolute atomic E-state index is 13.7. The second-order valence-corrected chi connectivity index (χ2v) is 9.00. The van der Waals surface area contributed by atoms with E-state index in [-0.39, 0.29) is 18.3 Å². The Hall–Kier alpha value is -2.87. The molecule has 1 amide bonds. The summed E-state index contributed by atoms with van der Waals surface area (Å²) in [5.74, 6) is -0.598. The minimum atomic E-state index is -0.340. The molecule has 0 saturated heterocycles. The summed E-state index contributed by atoms with van der Waals surface area (Å²) in [4.78, 5) is 24.5. The number of nitrogens with zero attached hydrogens (tertiary/aromatic N) is 3. The molecule has 0 unspecified atom stereocenters. The van der Waals surface area contributed by atoms with Gasteiger partial charge < -0.3 is 0 Å². The molecule has 30 heavy (non-hydrogen) atoms. The van der Waals surface area contributed by atoms with Gasteiger partial charge in [0.2, 0.25) is 0 Å². The maximum Gasteiger partial charge on any atom is 0.272 e. The van der Waals surface area contributed by atoms with E-state index in [1.165, 1.54) is 34.8 Å². The molecule has 0 aliphatic heterocycles. The van der Waals surface area contributed by atoms with Gasteiger partial charge in [0.15, 0.2) is 5.13 Å². The van der Waals surface area contributed by atoms with Crippen LogP contribution in [0.25, 0.3) is 20.3 Å². The van der Waals surface area contributed by atoms with Crippen molar-refractivity contribution in [3.8, 4) is 0 Å². The van der Waals surface area contributed by atoms with E-state index in [0.717, 1.165) is 10.1 Å². The standard InChI is InChI=1S/C22H13ClFN3OS2/c23-19-15-6-1-2-7-17(15)29-20(19)21(28)27(12-14-5-3-4-10-25-14)22-26-16-9-8-13(24)11-18(16)30-22/h1-11H,12H2. The van der Waals surface area contributed by atoms with Crippen molar-refractivity contribution in [2.45, 2.75) is 6.54 Å². The molecular weight excluding hydrogens is 441 g/mol. The van der Waals surface area contributed by atoms with Crippen LogP contribution in [0.15, 0.2) is 66.9 Å². The lowest BCUT2D eigenvalue weighted by Gasteiger charge is -2.19. The number of fused-ring (bicyclic) bond motifs is 2. The molecule has 5 rings (SSSR count). The van der Waals surface area contributed by atoms with Crippen LogP contribution in [0.4, 0.5) is 9.52 Å². The molecule has 0 saturated carbocycles. The first-order chi connectivity index (χ1) is 14.6. The summed E-state index contributed by atoms with van der Waals surface area (Å²) in [5.41, 5.74) is 1.35. The number of hydrogen-bond donors (Lipinski definition) is 0. The molecule has 3 heterocycles. The summed E-state index contributed by atoms with van der Waals surface area (Å²) < 4.78 is 15.3. The first-order valence-corrected chi connectivity index (χ1v) is 11.1. The van der Waals surface area contributed by atoms with Crippen LogP contribution in [-0.4, -0.2) is 15.9 Å². The Labute approximate surface area is 184 Å². The van der Waals surface area contributed by atoms with Crippen LogP contribution >= 0.6 is 34.3 Å². The number of rotatable bonds is 4. The van der Waals surface area contributed by atoms with E-state index < -0.39 is 0 Å². The summed E-state index contributed by atoms with van der Waals surface area (Å²) in [6.45, 7) is 0.229. The van der Waals surface area contributed by atoms with Gasteiger partial charge in [0.05, 0.1) is 27.5 Å². The van der Waals surface area contributed by atoms with Crippen LogP contribution < -0.4 is 4.90 Å². The molecule has 0 fully saturated rings. The molecular formula is C22H13ClFN3OS2. The van der Waals surface area contributed by atoms with E-state index in [0.29, 0.717) is 30.9 Å². The van der Waals surface area contributed by atoms with Gasteiger partial charge in [0, 0.05) is 16.3 Å². The highest BCUT2D eigenvalue weighted by Gasteiger charge is 2.26. The topological polar surface area (TPSA) is 46.1 Å². The van der Waals surface area contributed by atoms with Gasteiger partial charge in [-0.15, -0.1) is 11.3 Å². The van der Waals surface area contributed by atoms with Crippen LogP contribution in [0.5, 0.6) is 0 Å². The molecule has 0 radical (unpaired) electrons. The van der Waals surface area contributed by atoms with Crippen molar-refractivity contribution in [1.29, 1.82) is 0 Å². The number of aromatic nitrogens is 2. The van der Waals surface area contributed by atoms with Crippen molar-refractivity contribution in [3.05, 3.63) is 88.3 Å². The smallest absolute Gasteiger partial charge is 0.272 e. The zero-order valence-corrected chi connectivity index (χ0v) is 17.8. The second kappa shape index (κ2) is 7.75. The number of benzene rings is 2. The predicted octanol–water partition coefficient (Wildman–Crippen LogP) is 6.55. The highest BCUT2D eigenvalue weighted by Crippen LogP contribution is 2.38. The number of thiazole rings is 1. The number of hydrogen-bond acceptors (Lipinski definition) is 5. The fraction of sp³-hybridized carbons (Fsp3) is 0.0455. The summed E-state index contributed by atoms with van der Waals surface area (Å²) in [5, 5.41) is 1.75. The van der Waals surface area contributed by atoms with Crippen molar-refractivity contribution < 1.29 is 9.18 Å². The highest BCUT2D eigenvalue weighted by atomic mass is 35.5. The van der Waals surface area contributed by atoms with E-state index in [1.807, 2.05) is 42.5 Å². The van der Waals surface area contributed by atoms with Gasteiger partial charge in [0.1, 0.15) is 10.7 Å². The molecule has 0 aliphatic rings. The number of halogens is 2. The third-order valence-corrected chi connectivity index (χ3v) is 7.30. The van der Waals surface area contributed by atoms with Crippen LogP contribution in [0.1, 0.15) is 15.4 Å². The van der Waals surface area contributed by atoms with Crippen molar-refractivity contribution >= 4 is 65.6 Å². The SMILES string of the molecule is O=C(c1sc2ccccc2c1Cl)N(Cc1ccccn1)c1nc2ccc(F)cc2s1. The Morgan fingerprint density at radius 1 is 1.03 bits per heavy atom. The van der Waals surface area contributed by atoms with Crippen LogP contribution in [0, 0.1) is 5.82 Å². The molecule has 0 bridgehead atoms. The highest BCUT2D eigenvalue weighted by molar-refractivity contribution is 7.23. The van der Waals surface area contributed by atoms with Gasteiger partial charge in [0.25, 0.3) is 5.91 Å². The van der Waals surface area contributed by atoms with Gasteiger partial charge in [-0.25, -0.2) is 9.37 Å². The average Bonchev–Trinajstić information content (AvgIpc) is 3.33. The molecule has 5 aromatic rings. The molecule has 3 aromatic heterocycles. The van der Waals surface area contributed by atoms with Gasteiger partial charge in [-0.1, -0.05) is 47.2 Å². The van der Waals surface area contributed by atoms with Gasteiger partial charge in [-0.2, -0.15) is 0 Å². The Morgan fingerprint density at radius 3 is 2.67 bits per heavy atom. The van der Waals surface area contributed by atoms with Gasteiger partial charge in [-0.3, -0.25) is 14.7 Å². The number of thiophene rings is 1. The molecule has 0 spiro atoms. The molecule has 2 aromatic carbocycles. The lowest BCUT2D eigenvalue weighted by atomic mass is 10.2. The average molecular weight is 454 g/mol. The maximum atomic E-state index is 13.7. The molecule has 4 nitrogen and oxygen atoms in total. The summed E-state index contributed by atoms with van der Waals surface area (Å²) >= 11 is 9.18. The fourth-order valence-electron chi connectivity index (χ4n) is 3.16. The van der Waals surface area contributed by atoms with Crippen molar-refractivity contribution in [2.24, 2.45) is 0 Å². The lowest BCUT2D eigenvalue weighted by Crippen LogP contribution is -2.30. The van der Waals surface area contributed by atoms with Crippen LogP contribution in [-0.2, 0) is 6.54 Å². The van der Waals surface area contributed by atoms with Crippen molar-refractivity contribution in [2.75, 3.05) is 4.90 Å². The Bertz CT molecular complexity index is 1380. The predicted molar refractivity (Wildman–Crippen MR) is 121 cm³/mol.